The molecule has 1 heterocycles. The molecule has 0 saturated carbocycles. The summed E-state index contributed by atoms with van der Waals surface area (Å²) in [5, 5.41) is 11.1. The highest BCUT2D eigenvalue weighted by Gasteiger charge is 2.21. The molecule has 0 fully saturated rings. The average Bonchev–Trinajstić information content (AvgIpc) is 2.66. The zero-order valence-electron chi connectivity index (χ0n) is 9.78. The lowest BCUT2D eigenvalue weighted by Crippen LogP contribution is -2.21. The number of benzene rings is 1. The molecule has 0 aliphatic rings. The van der Waals surface area contributed by atoms with E-state index in [-0.39, 0.29) is 11.1 Å². The third-order valence-corrected chi connectivity index (χ3v) is 3.52. The second-order valence-electron chi connectivity index (χ2n) is 3.78. The van der Waals surface area contributed by atoms with Crippen molar-refractivity contribution in [2.75, 3.05) is 7.05 Å². The molecule has 0 amide bonds. The first kappa shape index (κ1) is 13.5. The number of hydrogen-bond donors (Lipinski definition) is 1. The smallest absolute Gasteiger partial charge is 0.153 e. The second-order valence-corrected chi connectivity index (χ2v) is 4.94. The summed E-state index contributed by atoms with van der Waals surface area (Å²) in [4.78, 5) is 0. The van der Waals surface area contributed by atoms with Crippen LogP contribution < -0.4 is 5.32 Å². The molecule has 1 aromatic heterocycles. The van der Waals surface area contributed by atoms with E-state index in [9.17, 15) is 4.39 Å². The van der Waals surface area contributed by atoms with E-state index in [1.54, 1.807) is 30.9 Å². The van der Waals surface area contributed by atoms with Gasteiger partial charge >= 0.3 is 0 Å². The maximum atomic E-state index is 13.2. The first-order valence-electron chi connectivity index (χ1n) is 5.22. The number of halogens is 3. The second kappa shape index (κ2) is 5.34. The van der Waals surface area contributed by atoms with E-state index in [1.807, 2.05) is 0 Å². The zero-order chi connectivity index (χ0) is 13.3. The van der Waals surface area contributed by atoms with Crippen molar-refractivity contribution < 1.29 is 4.39 Å². The lowest BCUT2D eigenvalue weighted by atomic mass is 10.0. The van der Waals surface area contributed by atoms with E-state index in [2.05, 4.69) is 31.6 Å². The highest BCUT2D eigenvalue weighted by Crippen LogP contribution is 2.28. The van der Waals surface area contributed by atoms with Gasteiger partial charge in [-0.05, 0) is 40.7 Å². The fourth-order valence-corrected chi connectivity index (χ4v) is 2.54. The van der Waals surface area contributed by atoms with Crippen molar-refractivity contribution in [3.05, 3.63) is 44.9 Å². The molecule has 0 bridgehead atoms. The van der Waals surface area contributed by atoms with Crippen molar-refractivity contribution in [1.29, 1.82) is 0 Å². The van der Waals surface area contributed by atoms with Crippen molar-refractivity contribution in [2.24, 2.45) is 7.05 Å². The number of rotatable bonds is 3. The van der Waals surface area contributed by atoms with Crippen LogP contribution in [0.15, 0.2) is 22.8 Å². The van der Waals surface area contributed by atoms with Gasteiger partial charge in [-0.1, -0.05) is 22.9 Å². The van der Waals surface area contributed by atoms with Gasteiger partial charge in [0.05, 0.1) is 16.8 Å². The standard InChI is InChI=1S/C11H11BrClFN4/c1-15-9(10-11(12)16-17-18(10)2)6-3-4-8(14)7(13)5-6/h3-5,9,15H,1-2H3. The van der Waals surface area contributed by atoms with E-state index < -0.39 is 5.82 Å². The normalized spacial score (nSPS) is 12.7. The molecular weight excluding hydrogens is 323 g/mol. The van der Waals surface area contributed by atoms with E-state index in [1.165, 1.54) is 6.07 Å². The average molecular weight is 334 g/mol. The van der Waals surface area contributed by atoms with Crippen LogP contribution in [0.5, 0.6) is 0 Å². The first-order chi connectivity index (χ1) is 8.54. The Hall–Kier alpha value is -0.980. The van der Waals surface area contributed by atoms with Gasteiger partial charge in [0, 0.05) is 7.05 Å². The molecule has 1 unspecified atom stereocenters. The molecule has 0 spiro atoms. The summed E-state index contributed by atoms with van der Waals surface area (Å²) < 4.78 is 15.5. The van der Waals surface area contributed by atoms with Gasteiger partial charge in [-0.3, -0.25) is 0 Å². The highest BCUT2D eigenvalue weighted by molar-refractivity contribution is 9.10. The maximum Gasteiger partial charge on any atom is 0.153 e. The first-order valence-corrected chi connectivity index (χ1v) is 6.39. The summed E-state index contributed by atoms with van der Waals surface area (Å²) in [5.41, 5.74) is 1.69. The van der Waals surface area contributed by atoms with Gasteiger partial charge in [0.15, 0.2) is 4.60 Å². The fourth-order valence-electron chi connectivity index (χ4n) is 1.80. The number of aromatic nitrogens is 3. The number of hydrogen-bond acceptors (Lipinski definition) is 3. The van der Waals surface area contributed by atoms with Gasteiger partial charge < -0.3 is 5.32 Å². The van der Waals surface area contributed by atoms with Gasteiger partial charge in [-0.2, -0.15) is 0 Å². The van der Waals surface area contributed by atoms with Gasteiger partial charge in [0.2, 0.25) is 0 Å². The molecule has 2 rings (SSSR count). The minimum absolute atomic E-state index is 0.0963. The third kappa shape index (κ3) is 2.41. The highest BCUT2D eigenvalue weighted by atomic mass is 79.9. The monoisotopic (exact) mass is 332 g/mol. The van der Waals surface area contributed by atoms with Crippen LogP contribution in [0, 0.1) is 5.82 Å². The fraction of sp³-hybridized carbons (Fsp3) is 0.273. The molecule has 7 heteroatoms. The Kier molecular flexibility index (Phi) is 3.99. The van der Waals surface area contributed by atoms with Crippen LogP contribution in [0.3, 0.4) is 0 Å². The minimum atomic E-state index is -0.433. The van der Waals surface area contributed by atoms with Crippen LogP contribution in [0.25, 0.3) is 0 Å². The molecule has 0 aliphatic heterocycles. The zero-order valence-corrected chi connectivity index (χ0v) is 12.1. The maximum absolute atomic E-state index is 13.2. The Morgan fingerprint density at radius 2 is 2.22 bits per heavy atom. The Balaban J connectivity index is 2.48. The number of nitrogens with one attached hydrogen (secondary N) is 1. The lowest BCUT2D eigenvalue weighted by molar-refractivity contribution is 0.592. The summed E-state index contributed by atoms with van der Waals surface area (Å²) in [6, 6.07) is 4.46. The molecule has 1 aromatic carbocycles. The summed E-state index contributed by atoms with van der Waals surface area (Å²) >= 11 is 9.15. The molecule has 4 nitrogen and oxygen atoms in total. The minimum Gasteiger partial charge on any atom is -0.308 e. The molecule has 1 atom stereocenters. The van der Waals surface area contributed by atoms with Crippen molar-refractivity contribution in [1.82, 2.24) is 20.3 Å². The molecule has 0 radical (unpaired) electrons. The molecule has 0 aliphatic carbocycles. The van der Waals surface area contributed by atoms with E-state index >= 15 is 0 Å². The largest absolute Gasteiger partial charge is 0.308 e. The van der Waals surface area contributed by atoms with Gasteiger partial charge in [0.1, 0.15) is 5.82 Å². The van der Waals surface area contributed by atoms with Gasteiger partial charge in [-0.25, -0.2) is 9.07 Å². The Morgan fingerprint density at radius 3 is 2.72 bits per heavy atom. The number of aryl methyl sites for hydroxylation is 1. The predicted octanol–water partition coefficient (Wildman–Crippen LogP) is 2.68. The summed E-state index contributed by atoms with van der Waals surface area (Å²) in [7, 11) is 3.60. The molecular formula is C11H11BrClFN4. The van der Waals surface area contributed by atoms with Gasteiger partial charge in [0.25, 0.3) is 0 Å². The quantitative estimate of drug-likeness (QED) is 0.939. The van der Waals surface area contributed by atoms with Crippen molar-refractivity contribution >= 4 is 27.5 Å². The number of nitrogens with zero attached hydrogens (tertiary/aromatic N) is 3. The van der Waals surface area contributed by atoms with Crippen molar-refractivity contribution in [2.45, 2.75) is 6.04 Å². The molecule has 18 heavy (non-hydrogen) atoms. The molecule has 2 aromatic rings. The SMILES string of the molecule is CNC(c1ccc(F)c(Cl)c1)c1c(Br)nnn1C. The summed E-state index contributed by atoms with van der Waals surface area (Å²) in [6.45, 7) is 0. The topological polar surface area (TPSA) is 42.7 Å². The van der Waals surface area contributed by atoms with Crippen LogP contribution >= 0.6 is 27.5 Å². The van der Waals surface area contributed by atoms with Crippen LogP contribution in [-0.4, -0.2) is 22.0 Å². The van der Waals surface area contributed by atoms with Crippen molar-refractivity contribution in [3.63, 3.8) is 0 Å². The van der Waals surface area contributed by atoms with Crippen LogP contribution in [-0.2, 0) is 7.05 Å². The van der Waals surface area contributed by atoms with E-state index in [4.69, 9.17) is 11.6 Å². The van der Waals surface area contributed by atoms with E-state index in [0.717, 1.165) is 11.3 Å². The van der Waals surface area contributed by atoms with Gasteiger partial charge in [-0.15, -0.1) is 5.10 Å². The molecule has 0 saturated heterocycles. The predicted molar refractivity (Wildman–Crippen MR) is 71.0 cm³/mol. The Morgan fingerprint density at radius 1 is 1.50 bits per heavy atom. The van der Waals surface area contributed by atoms with E-state index in [0.29, 0.717) is 4.60 Å². The Bertz CT molecular complexity index is 553. The van der Waals surface area contributed by atoms with Crippen LogP contribution in [0.4, 0.5) is 4.39 Å². The van der Waals surface area contributed by atoms with Crippen molar-refractivity contribution in [3.8, 4) is 0 Å². The van der Waals surface area contributed by atoms with Crippen LogP contribution in [0.2, 0.25) is 5.02 Å². The third-order valence-electron chi connectivity index (χ3n) is 2.67. The Labute approximate surface area is 117 Å². The summed E-state index contributed by atoms with van der Waals surface area (Å²) in [5.74, 6) is -0.433. The lowest BCUT2D eigenvalue weighted by Gasteiger charge is -2.17. The molecule has 96 valence electrons. The molecule has 1 N–H and O–H groups in total. The van der Waals surface area contributed by atoms with Crippen LogP contribution in [0.1, 0.15) is 17.3 Å². The summed E-state index contributed by atoms with van der Waals surface area (Å²) in [6.07, 6.45) is 0.